The number of aromatic hydroxyl groups is 1. The smallest absolute Gasteiger partial charge is 0.267 e. The minimum absolute atomic E-state index is 0.0567. The Balaban J connectivity index is 1.88. The maximum absolute atomic E-state index is 13.1. The predicted molar refractivity (Wildman–Crippen MR) is 130 cm³/mol. The molecule has 31 heavy (non-hydrogen) atoms. The fourth-order valence-corrected chi connectivity index (χ4v) is 5.14. The molecule has 0 fully saturated rings. The molecule has 160 valence electrons. The van der Waals surface area contributed by atoms with E-state index in [4.69, 9.17) is 17.2 Å². The standard InChI is InChI=1S/C24H25N3O2S2/c1-14(2)15-9-11-16(12-10-15)20-13-18(25-17-7-5-6-8-19(17)31-20)21-22(28)26(3)24(30)27(4)23(21)29/h5-12,14,20,28H,13H2,1-4H3/t20-/m0/s1. The van der Waals surface area contributed by atoms with Crippen LogP contribution in [0.15, 0.2) is 63.2 Å². The van der Waals surface area contributed by atoms with Gasteiger partial charge in [0, 0.05) is 30.7 Å². The molecule has 0 aliphatic carbocycles. The van der Waals surface area contributed by atoms with Crippen LogP contribution in [-0.2, 0) is 14.1 Å². The minimum Gasteiger partial charge on any atom is -0.494 e. The monoisotopic (exact) mass is 451 g/mol. The van der Waals surface area contributed by atoms with Crippen molar-refractivity contribution in [3.05, 3.63) is 80.3 Å². The molecule has 0 amide bonds. The summed E-state index contributed by atoms with van der Waals surface area (Å²) >= 11 is 7.01. The van der Waals surface area contributed by atoms with Crippen molar-refractivity contribution in [2.75, 3.05) is 0 Å². The Labute approximate surface area is 191 Å². The van der Waals surface area contributed by atoms with Gasteiger partial charge in [0.25, 0.3) is 5.56 Å². The Morgan fingerprint density at radius 3 is 2.45 bits per heavy atom. The number of rotatable bonds is 3. The van der Waals surface area contributed by atoms with E-state index in [1.807, 2.05) is 24.3 Å². The second-order valence-corrected chi connectivity index (χ2v) is 9.67. The van der Waals surface area contributed by atoms with Gasteiger partial charge in [-0.2, -0.15) is 0 Å². The molecule has 1 aliphatic heterocycles. The van der Waals surface area contributed by atoms with Gasteiger partial charge in [-0.1, -0.05) is 50.2 Å². The van der Waals surface area contributed by atoms with E-state index >= 15 is 0 Å². The lowest BCUT2D eigenvalue weighted by Gasteiger charge is -2.18. The van der Waals surface area contributed by atoms with Gasteiger partial charge in [0.1, 0.15) is 5.56 Å². The predicted octanol–water partition coefficient (Wildman–Crippen LogP) is 5.64. The molecule has 4 rings (SSSR count). The second-order valence-electron chi connectivity index (χ2n) is 8.06. The zero-order valence-electron chi connectivity index (χ0n) is 18.0. The normalized spacial score (nSPS) is 16.0. The van der Waals surface area contributed by atoms with Crippen LogP contribution >= 0.6 is 24.0 Å². The number of thioether (sulfide) groups is 1. The summed E-state index contributed by atoms with van der Waals surface area (Å²) in [5.41, 5.74) is 3.70. The van der Waals surface area contributed by atoms with Crippen molar-refractivity contribution in [3.8, 4) is 5.88 Å². The summed E-state index contributed by atoms with van der Waals surface area (Å²) < 4.78 is 3.09. The highest BCUT2D eigenvalue weighted by atomic mass is 32.2. The van der Waals surface area contributed by atoms with E-state index in [2.05, 4.69) is 38.1 Å². The van der Waals surface area contributed by atoms with E-state index in [1.54, 1.807) is 25.9 Å². The van der Waals surface area contributed by atoms with Crippen LogP contribution in [-0.4, -0.2) is 20.0 Å². The van der Waals surface area contributed by atoms with E-state index in [0.29, 0.717) is 18.1 Å². The molecule has 1 atom stereocenters. The molecule has 0 bridgehead atoms. The summed E-state index contributed by atoms with van der Waals surface area (Å²) in [6.07, 6.45) is 0.514. The van der Waals surface area contributed by atoms with Crippen molar-refractivity contribution in [1.29, 1.82) is 0 Å². The Bertz CT molecular complexity index is 1290. The Morgan fingerprint density at radius 2 is 1.77 bits per heavy atom. The van der Waals surface area contributed by atoms with Crippen LogP contribution in [0, 0.1) is 4.77 Å². The third-order valence-electron chi connectivity index (χ3n) is 5.67. The van der Waals surface area contributed by atoms with Gasteiger partial charge in [-0.05, 0) is 41.4 Å². The van der Waals surface area contributed by atoms with Crippen molar-refractivity contribution in [2.45, 2.75) is 36.3 Å². The van der Waals surface area contributed by atoms with Gasteiger partial charge in [-0.3, -0.25) is 18.9 Å². The highest BCUT2D eigenvalue weighted by Gasteiger charge is 2.27. The summed E-state index contributed by atoms with van der Waals surface area (Å²) in [6.45, 7) is 4.36. The highest BCUT2D eigenvalue weighted by molar-refractivity contribution is 7.99. The van der Waals surface area contributed by atoms with Crippen LogP contribution in [0.2, 0.25) is 0 Å². The van der Waals surface area contributed by atoms with Crippen LogP contribution in [0.4, 0.5) is 5.69 Å². The van der Waals surface area contributed by atoms with Gasteiger partial charge in [-0.15, -0.1) is 11.8 Å². The quantitative estimate of drug-likeness (QED) is 0.524. The number of fused-ring (bicyclic) bond motifs is 1. The van der Waals surface area contributed by atoms with E-state index in [-0.39, 0.29) is 27.0 Å². The van der Waals surface area contributed by atoms with Crippen molar-refractivity contribution < 1.29 is 5.11 Å². The van der Waals surface area contributed by atoms with Gasteiger partial charge < -0.3 is 5.11 Å². The summed E-state index contributed by atoms with van der Waals surface area (Å²) in [4.78, 5) is 19.0. The summed E-state index contributed by atoms with van der Waals surface area (Å²) in [6, 6.07) is 16.6. The third kappa shape index (κ3) is 4.00. The number of aliphatic imine (C=N–C) groups is 1. The minimum atomic E-state index is -0.336. The fourth-order valence-electron chi connectivity index (χ4n) is 3.74. The first-order chi connectivity index (χ1) is 14.8. The molecule has 1 aromatic heterocycles. The molecule has 0 spiro atoms. The number of hydrogen-bond donors (Lipinski definition) is 1. The lowest BCUT2D eigenvalue weighted by Crippen LogP contribution is -2.29. The van der Waals surface area contributed by atoms with Gasteiger partial charge in [0.2, 0.25) is 5.88 Å². The number of benzene rings is 2. The molecule has 0 saturated heterocycles. The highest BCUT2D eigenvalue weighted by Crippen LogP contribution is 2.45. The van der Waals surface area contributed by atoms with Crippen LogP contribution in [0.5, 0.6) is 5.88 Å². The largest absolute Gasteiger partial charge is 0.494 e. The van der Waals surface area contributed by atoms with E-state index in [9.17, 15) is 9.90 Å². The summed E-state index contributed by atoms with van der Waals surface area (Å²) in [5.74, 6) is 0.315. The molecule has 0 unspecified atom stereocenters. The molecule has 1 aliphatic rings. The number of aromatic nitrogens is 2. The molecule has 5 nitrogen and oxygen atoms in total. The van der Waals surface area contributed by atoms with E-state index in [1.165, 1.54) is 20.3 Å². The van der Waals surface area contributed by atoms with Crippen molar-refractivity contribution >= 4 is 35.4 Å². The molecular formula is C24H25N3O2S2. The van der Waals surface area contributed by atoms with E-state index < -0.39 is 0 Å². The van der Waals surface area contributed by atoms with E-state index in [0.717, 1.165) is 10.6 Å². The van der Waals surface area contributed by atoms with Crippen molar-refractivity contribution in [1.82, 2.24) is 9.13 Å². The Hall–Kier alpha value is -2.64. The van der Waals surface area contributed by atoms with Crippen LogP contribution in [0.3, 0.4) is 0 Å². The van der Waals surface area contributed by atoms with Crippen LogP contribution < -0.4 is 5.56 Å². The molecule has 0 radical (unpaired) electrons. The maximum Gasteiger partial charge on any atom is 0.267 e. The van der Waals surface area contributed by atoms with Crippen molar-refractivity contribution in [2.24, 2.45) is 19.1 Å². The first-order valence-electron chi connectivity index (χ1n) is 10.2. The second kappa shape index (κ2) is 8.48. The zero-order valence-corrected chi connectivity index (χ0v) is 19.6. The van der Waals surface area contributed by atoms with Gasteiger partial charge in [-0.25, -0.2) is 0 Å². The summed E-state index contributed by atoms with van der Waals surface area (Å²) in [5, 5.41) is 10.9. The number of para-hydroxylation sites is 1. The Morgan fingerprint density at radius 1 is 1.10 bits per heavy atom. The van der Waals surface area contributed by atoms with Gasteiger partial charge in [0.05, 0.1) is 11.4 Å². The molecular weight excluding hydrogens is 426 g/mol. The average Bonchev–Trinajstić information content (AvgIpc) is 2.96. The lowest BCUT2D eigenvalue weighted by atomic mass is 9.98. The Kier molecular flexibility index (Phi) is 5.90. The van der Waals surface area contributed by atoms with Gasteiger partial charge in [0.15, 0.2) is 4.77 Å². The first kappa shape index (κ1) is 21.6. The first-order valence-corrected chi connectivity index (χ1v) is 11.5. The average molecular weight is 452 g/mol. The van der Waals surface area contributed by atoms with Crippen LogP contribution in [0.25, 0.3) is 0 Å². The summed E-state index contributed by atoms with van der Waals surface area (Å²) in [7, 11) is 3.28. The molecule has 0 saturated carbocycles. The molecule has 2 heterocycles. The fraction of sp³-hybridized carbons (Fsp3) is 0.292. The van der Waals surface area contributed by atoms with Crippen LogP contribution in [0.1, 0.15) is 48.1 Å². The maximum atomic E-state index is 13.1. The lowest BCUT2D eigenvalue weighted by molar-refractivity contribution is 0.414. The number of hydrogen-bond acceptors (Lipinski definition) is 5. The molecule has 2 aromatic carbocycles. The molecule has 7 heteroatoms. The topological polar surface area (TPSA) is 59.5 Å². The number of nitrogens with zero attached hydrogens (tertiary/aromatic N) is 3. The zero-order chi connectivity index (χ0) is 22.3. The van der Waals surface area contributed by atoms with Gasteiger partial charge >= 0.3 is 0 Å². The third-order valence-corrected chi connectivity index (χ3v) is 7.54. The SMILES string of the molecule is CC(C)c1ccc([C@@H]2CC(c3c(O)n(C)c(=S)n(C)c3=O)=Nc3ccccc3S2)cc1. The molecule has 1 N–H and O–H groups in total. The van der Waals surface area contributed by atoms with Crippen molar-refractivity contribution in [3.63, 3.8) is 0 Å². The molecule has 3 aromatic rings.